The number of methoxy groups -OCH3 is 1. The molecule has 1 aromatic carbocycles. The van der Waals surface area contributed by atoms with Crippen LogP contribution in [0, 0.1) is 10.1 Å². The largest absolute Gasteiger partial charge is 0.468 e. The number of rotatable bonds is 7. The minimum atomic E-state index is -1.10. The number of benzene rings is 1. The minimum Gasteiger partial charge on any atom is -0.468 e. The molecule has 0 fully saturated rings. The van der Waals surface area contributed by atoms with Gasteiger partial charge < -0.3 is 9.64 Å². The van der Waals surface area contributed by atoms with Crippen molar-refractivity contribution in [1.82, 2.24) is 9.80 Å². The van der Waals surface area contributed by atoms with Gasteiger partial charge in [-0.1, -0.05) is 0 Å². The third kappa shape index (κ3) is 3.73. The maximum absolute atomic E-state index is 12.4. The Balaban J connectivity index is 2.40. The number of carbonyl (C=O) groups excluding carboxylic acids is 5. The second-order valence-electron chi connectivity index (χ2n) is 5.36. The number of amides is 3. The first-order chi connectivity index (χ1) is 12.7. The summed E-state index contributed by atoms with van der Waals surface area (Å²) in [5, 5.41) is 9.13. The third-order valence-corrected chi connectivity index (χ3v) is 3.72. The summed E-state index contributed by atoms with van der Waals surface area (Å²) in [5.41, 5.74) is -0.778. The maximum Gasteiger partial charge on any atom is 0.325 e. The van der Waals surface area contributed by atoms with E-state index in [4.69, 9.17) is 0 Å². The first-order valence-corrected chi connectivity index (χ1v) is 7.30. The van der Waals surface area contributed by atoms with Crippen molar-refractivity contribution in [3.8, 4) is 0 Å². The summed E-state index contributed by atoms with van der Waals surface area (Å²) in [6.45, 7) is -1.33. The lowest BCUT2D eigenvalue weighted by atomic mass is 9.99. The van der Waals surface area contributed by atoms with Crippen molar-refractivity contribution in [2.24, 2.45) is 0 Å². The maximum atomic E-state index is 12.4. The number of carbonyl (C=O) groups is 5. The second-order valence-corrected chi connectivity index (χ2v) is 5.36. The van der Waals surface area contributed by atoms with Gasteiger partial charge in [0.1, 0.15) is 6.54 Å². The van der Waals surface area contributed by atoms with Gasteiger partial charge in [-0.05, 0) is 12.1 Å². The third-order valence-electron chi connectivity index (χ3n) is 3.72. The Morgan fingerprint density at radius 2 is 1.85 bits per heavy atom. The van der Waals surface area contributed by atoms with Gasteiger partial charge in [0.25, 0.3) is 22.8 Å². The monoisotopic (exact) mass is 379 g/mol. The first-order valence-electron chi connectivity index (χ1n) is 7.30. The van der Waals surface area contributed by atoms with Crippen LogP contribution in [0.25, 0.3) is 0 Å². The van der Waals surface area contributed by atoms with Gasteiger partial charge in [0.15, 0.2) is 13.0 Å². The van der Waals surface area contributed by atoms with Gasteiger partial charge >= 0.3 is 5.97 Å². The number of ether oxygens (including phenoxy) is 1. The molecule has 1 aliphatic heterocycles. The lowest BCUT2D eigenvalue weighted by molar-refractivity contribution is -0.761. The Morgan fingerprint density at radius 1 is 1.26 bits per heavy atom. The van der Waals surface area contributed by atoms with Crippen LogP contribution >= 0.6 is 0 Å². The molecule has 12 nitrogen and oxygen atoms in total. The number of hydrogen-bond donors (Lipinski definition) is 0. The Labute approximate surface area is 151 Å². The fourth-order valence-corrected chi connectivity index (χ4v) is 2.37. The number of esters is 1. The number of hydrogen-bond acceptors (Lipinski definition) is 9. The number of aldehydes is 1. The van der Waals surface area contributed by atoms with Gasteiger partial charge in [-0.2, -0.15) is 0 Å². The van der Waals surface area contributed by atoms with Crippen molar-refractivity contribution in [3.63, 3.8) is 0 Å². The number of nitrogens with zero attached hydrogens (tertiary/aromatic N) is 3. The normalized spacial score (nSPS) is 12.4. The zero-order valence-corrected chi connectivity index (χ0v) is 14.2. The summed E-state index contributed by atoms with van der Waals surface area (Å²) >= 11 is 0. The van der Waals surface area contributed by atoms with E-state index in [1.165, 1.54) is 7.05 Å². The van der Waals surface area contributed by atoms with E-state index in [2.05, 4.69) is 9.57 Å². The highest BCUT2D eigenvalue weighted by Crippen LogP contribution is 2.26. The summed E-state index contributed by atoms with van der Waals surface area (Å²) in [6.07, 6.45) is 0.302. The Morgan fingerprint density at radius 3 is 2.37 bits per heavy atom. The molecular weight excluding hydrogens is 366 g/mol. The van der Waals surface area contributed by atoms with Crippen LogP contribution < -0.4 is 0 Å². The molecule has 0 unspecified atom stereocenters. The minimum absolute atomic E-state index is 0.147. The average molecular weight is 379 g/mol. The molecule has 0 aromatic heterocycles. The van der Waals surface area contributed by atoms with Crippen molar-refractivity contribution >= 4 is 30.0 Å². The van der Waals surface area contributed by atoms with E-state index < -0.39 is 42.1 Å². The predicted molar refractivity (Wildman–Crippen MR) is 84.3 cm³/mol. The first kappa shape index (κ1) is 19.5. The van der Waals surface area contributed by atoms with Gasteiger partial charge in [0.05, 0.1) is 23.8 Å². The lowest BCUT2D eigenvalue weighted by Crippen LogP contribution is -2.35. The molecule has 1 aliphatic rings. The Hall–Kier alpha value is -3.83. The summed E-state index contributed by atoms with van der Waals surface area (Å²) in [4.78, 5) is 75.5. The smallest absolute Gasteiger partial charge is 0.325 e. The van der Waals surface area contributed by atoms with Gasteiger partial charge in [-0.3, -0.25) is 33.7 Å². The van der Waals surface area contributed by atoms with E-state index in [0.29, 0.717) is 11.2 Å². The van der Waals surface area contributed by atoms with Crippen LogP contribution in [0.1, 0.15) is 41.4 Å². The lowest BCUT2D eigenvalue weighted by Gasteiger charge is -2.16. The van der Waals surface area contributed by atoms with Crippen LogP contribution in [0.2, 0.25) is 0 Å². The number of fused-ring (bicyclic) bond motifs is 1. The van der Waals surface area contributed by atoms with Crippen molar-refractivity contribution < 1.29 is 38.6 Å². The predicted octanol–water partition coefficient (Wildman–Crippen LogP) is -0.494. The Kier molecular flexibility index (Phi) is 5.48. The molecule has 1 heterocycles. The highest BCUT2D eigenvalue weighted by molar-refractivity contribution is 6.23. The van der Waals surface area contributed by atoms with Gasteiger partial charge in [-0.15, -0.1) is 10.1 Å². The standard InChI is InChI=1S/C15H13N3O9/c1-16(7-27-18(24)25)13(21)9-4-11-10(3-8(9)6-19)14(22)17(15(11)23)5-12(20)26-2/h3-4,6H,5,7H2,1-2H3. The van der Waals surface area contributed by atoms with E-state index in [-0.39, 0.29) is 22.3 Å². The van der Waals surface area contributed by atoms with Gasteiger partial charge in [0.2, 0.25) is 0 Å². The SMILES string of the molecule is COC(=O)CN1C(=O)c2cc(C=O)c(C(=O)N(C)CO[N+](=O)[O-])cc2C1=O. The molecule has 2 rings (SSSR count). The van der Waals surface area contributed by atoms with Crippen molar-refractivity contribution in [2.75, 3.05) is 27.4 Å². The zero-order chi connectivity index (χ0) is 20.3. The highest BCUT2D eigenvalue weighted by atomic mass is 17.0. The van der Waals surface area contributed by atoms with Crippen molar-refractivity contribution in [3.05, 3.63) is 44.5 Å². The molecule has 0 aliphatic carbocycles. The van der Waals surface area contributed by atoms with E-state index in [0.717, 1.165) is 24.1 Å². The highest BCUT2D eigenvalue weighted by Gasteiger charge is 2.38. The summed E-state index contributed by atoms with van der Waals surface area (Å²) in [7, 11) is 2.27. The molecule has 27 heavy (non-hydrogen) atoms. The molecule has 0 radical (unpaired) electrons. The number of imide groups is 1. The van der Waals surface area contributed by atoms with Gasteiger partial charge in [0, 0.05) is 12.6 Å². The molecule has 142 valence electrons. The van der Waals surface area contributed by atoms with Crippen LogP contribution in [0.15, 0.2) is 12.1 Å². The molecule has 1 aromatic rings. The Bertz CT molecular complexity index is 864. The summed E-state index contributed by atoms with van der Waals surface area (Å²) < 4.78 is 4.42. The zero-order valence-electron chi connectivity index (χ0n) is 14.2. The average Bonchev–Trinajstić information content (AvgIpc) is 2.88. The van der Waals surface area contributed by atoms with E-state index in [1.807, 2.05) is 0 Å². The molecule has 12 heteroatoms. The van der Waals surface area contributed by atoms with E-state index in [9.17, 15) is 34.1 Å². The van der Waals surface area contributed by atoms with E-state index >= 15 is 0 Å². The molecule has 0 bridgehead atoms. The second kappa shape index (κ2) is 7.59. The van der Waals surface area contributed by atoms with Crippen LogP contribution in [0.4, 0.5) is 0 Å². The molecular formula is C15H13N3O9. The topological polar surface area (TPSA) is 153 Å². The molecule has 0 saturated heterocycles. The van der Waals surface area contributed by atoms with Crippen LogP contribution in [-0.2, 0) is 14.4 Å². The molecule has 3 amide bonds. The summed E-state index contributed by atoms with van der Waals surface area (Å²) in [5.74, 6) is -3.31. The van der Waals surface area contributed by atoms with E-state index in [1.54, 1.807) is 0 Å². The fourth-order valence-electron chi connectivity index (χ4n) is 2.37. The molecule has 0 atom stereocenters. The summed E-state index contributed by atoms with van der Waals surface area (Å²) in [6, 6.07) is 2.08. The van der Waals surface area contributed by atoms with Crippen molar-refractivity contribution in [2.45, 2.75) is 0 Å². The fraction of sp³-hybridized carbons (Fsp3) is 0.267. The van der Waals surface area contributed by atoms with Crippen LogP contribution in [-0.4, -0.2) is 72.3 Å². The van der Waals surface area contributed by atoms with Crippen LogP contribution in [0.3, 0.4) is 0 Å². The van der Waals surface area contributed by atoms with Crippen LogP contribution in [0.5, 0.6) is 0 Å². The molecule has 0 N–H and O–H groups in total. The molecule has 0 saturated carbocycles. The molecule has 0 spiro atoms. The quantitative estimate of drug-likeness (QED) is 0.152. The van der Waals surface area contributed by atoms with Gasteiger partial charge in [-0.25, -0.2) is 0 Å². The van der Waals surface area contributed by atoms with Crippen molar-refractivity contribution in [1.29, 1.82) is 0 Å².